The van der Waals surface area contributed by atoms with Gasteiger partial charge in [-0.1, -0.05) is 196 Å². The Morgan fingerprint density at radius 1 is 0.418 bits per heavy atom. The van der Waals surface area contributed by atoms with Crippen LogP contribution in [-0.4, -0.2) is 0 Å². The van der Waals surface area contributed by atoms with E-state index in [1.807, 2.05) is 26.8 Å². The first kappa shape index (κ1) is 39.8. The lowest BCUT2D eigenvalue weighted by Crippen LogP contribution is -2.09. The highest BCUT2D eigenvalue weighted by Gasteiger charge is 2.14. The summed E-state index contributed by atoms with van der Waals surface area (Å²) in [5.74, 6) is 0. The van der Waals surface area contributed by atoms with Crippen molar-refractivity contribution < 1.29 is 0 Å². The number of hydrogen-bond acceptors (Lipinski definition) is 1. The van der Waals surface area contributed by atoms with Crippen LogP contribution in [0.3, 0.4) is 0 Å². The molecule has 55 heavy (non-hydrogen) atoms. The van der Waals surface area contributed by atoms with E-state index in [-0.39, 0.29) is 0 Å². The van der Waals surface area contributed by atoms with Gasteiger partial charge in [-0.3, -0.25) is 0 Å². The summed E-state index contributed by atoms with van der Waals surface area (Å²) in [6.45, 7) is 13.6. The number of rotatable bonds is 7. The van der Waals surface area contributed by atoms with Gasteiger partial charge in [0.2, 0.25) is 0 Å². The number of aryl methyl sites for hydroxylation is 2. The molecule has 1 nitrogen and oxygen atoms in total. The highest BCUT2D eigenvalue weighted by Crippen LogP contribution is 2.38. The Hall–Kier alpha value is -6.44. The van der Waals surface area contributed by atoms with Crippen LogP contribution < -0.4 is 4.90 Å². The molecule has 0 spiro atoms. The average Bonchev–Trinajstić information content (AvgIpc) is 3.26. The van der Waals surface area contributed by atoms with E-state index in [1.165, 1.54) is 55.3 Å². The lowest BCUT2D eigenvalue weighted by molar-refractivity contribution is 1.14. The second kappa shape index (κ2) is 20.7. The Kier molecular flexibility index (Phi) is 15.0. The molecule has 0 aliphatic heterocycles. The van der Waals surface area contributed by atoms with Gasteiger partial charge in [-0.2, -0.15) is 0 Å². The largest absolute Gasteiger partial charge is 0.310 e. The van der Waals surface area contributed by atoms with Crippen LogP contribution in [0.4, 0.5) is 17.1 Å². The lowest BCUT2D eigenvalue weighted by Gasteiger charge is -2.26. The predicted molar refractivity (Wildman–Crippen MR) is 243 cm³/mol. The molecule has 8 aromatic carbocycles. The number of allylic oxidation sites excluding steroid dienone is 1. The van der Waals surface area contributed by atoms with Crippen molar-refractivity contribution in [1.82, 2.24) is 0 Å². The fraction of sp³-hybridized carbons (Fsp3) is 0.111. The lowest BCUT2D eigenvalue weighted by atomic mass is 10.0. The molecule has 0 radical (unpaired) electrons. The molecule has 0 amide bonds. The number of fused-ring (bicyclic) bond motifs is 1. The summed E-state index contributed by atoms with van der Waals surface area (Å²) in [7, 11) is 0. The molecule has 0 N–H and O–H groups in total. The smallest absolute Gasteiger partial charge is 0.0468 e. The van der Waals surface area contributed by atoms with Gasteiger partial charge in [0.25, 0.3) is 0 Å². The molecule has 0 unspecified atom stereocenters. The molecule has 0 saturated carbocycles. The number of hydrogen-bond donors (Lipinski definition) is 0. The van der Waals surface area contributed by atoms with Gasteiger partial charge in [0.15, 0.2) is 0 Å². The maximum Gasteiger partial charge on any atom is 0.0468 e. The molecular weight excluding hydrogens is 663 g/mol. The molecule has 0 atom stereocenters. The van der Waals surface area contributed by atoms with E-state index in [0.29, 0.717) is 0 Å². The molecule has 0 heterocycles. The quantitative estimate of drug-likeness (QED) is 0.149. The van der Waals surface area contributed by atoms with Crippen molar-refractivity contribution in [2.24, 2.45) is 0 Å². The Bertz CT molecular complexity index is 2320. The van der Waals surface area contributed by atoms with Crippen molar-refractivity contribution in [2.75, 3.05) is 4.90 Å². The summed E-state index contributed by atoms with van der Waals surface area (Å²) in [5, 5.41) is 2.48. The fourth-order valence-corrected chi connectivity index (χ4v) is 6.35. The zero-order valence-electron chi connectivity index (χ0n) is 33.0. The average molecular weight is 716 g/mol. The summed E-state index contributed by atoms with van der Waals surface area (Å²) in [6, 6.07) is 71.4. The van der Waals surface area contributed by atoms with E-state index in [1.54, 1.807) is 6.08 Å². The topological polar surface area (TPSA) is 3.24 Å². The summed E-state index contributed by atoms with van der Waals surface area (Å²) in [4.78, 5) is 2.33. The summed E-state index contributed by atoms with van der Waals surface area (Å²) < 4.78 is 0. The normalized spacial score (nSPS) is 10.1. The highest BCUT2D eigenvalue weighted by atomic mass is 15.1. The minimum atomic E-state index is 1.10. The van der Waals surface area contributed by atoms with Crippen LogP contribution in [0.1, 0.15) is 38.8 Å². The van der Waals surface area contributed by atoms with Crippen molar-refractivity contribution in [3.63, 3.8) is 0 Å². The van der Waals surface area contributed by atoms with Gasteiger partial charge in [-0.05, 0) is 106 Å². The van der Waals surface area contributed by atoms with E-state index in [2.05, 4.69) is 219 Å². The van der Waals surface area contributed by atoms with Crippen molar-refractivity contribution in [1.29, 1.82) is 0 Å². The third kappa shape index (κ3) is 10.8. The summed E-state index contributed by atoms with van der Waals surface area (Å²) >= 11 is 0. The van der Waals surface area contributed by atoms with Gasteiger partial charge in [-0.25, -0.2) is 0 Å². The third-order valence-electron chi connectivity index (χ3n) is 9.18. The van der Waals surface area contributed by atoms with Crippen molar-refractivity contribution in [3.05, 3.63) is 224 Å². The van der Waals surface area contributed by atoms with E-state index >= 15 is 0 Å². The standard InChI is InChI=1S/C35H27N.C14H14.C3H6.C2H6/c1-26-11-13-29(14-12-26)31-17-22-34(23-18-31)36(35-24-19-28-9-5-6-10-32(28)25-35)33-20-15-30(16-21-33)27-7-3-2-4-8-27;1-2-12-7-6-10-14(11-12)13-8-4-3-5-9-13;1-3-2;1-2/h2-25H,1H3;3-11H,2H2,1H3;3H,1H2,2H3;1-2H3. The van der Waals surface area contributed by atoms with E-state index in [0.717, 1.165) is 23.5 Å². The number of anilines is 3. The molecule has 0 aromatic heterocycles. The first-order valence-corrected chi connectivity index (χ1v) is 19.4. The predicted octanol–water partition coefficient (Wildman–Crippen LogP) is 16.1. The molecule has 0 aliphatic rings. The summed E-state index contributed by atoms with van der Waals surface area (Å²) in [5.41, 5.74) is 13.6. The van der Waals surface area contributed by atoms with Gasteiger partial charge in [-0.15, -0.1) is 6.58 Å². The third-order valence-corrected chi connectivity index (χ3v) is 9.18. The Labute approximate surface area is 329 Å². The minimum Gasteiger partial charge on any atom is -0.310 e. The molecule has 0 bridgehead atoms. The van der Waals surface area contributed by atoms with Crippen LogP contribution in [0, 0.1) is 6.92 Å². The zero-order valence-corrected chi connectivity index (χ0v) is 33.0. The first-order chi connectivity index (χ1) is 27.1. The number of benzene rings is 8. The maximum atomic E-state index is 3.36. The van der Waals surface area contributed by atoms with E-state index < -0.39 is 0 Å². The van der Waals surface area contributed by atoms with E-state index in [9.17, 15) is 0 Å². The second-order valence-corrected chi connectivity index (χ2v) is 13.0. The Balaban J connectivity index is 0.000000254. The van der Waals surface area contributed by atoms with Gasteiger partial charge in [0, 0.05) is 17.1 Å². The zero-order chi connectivity index (χ0) is 38.8. The molecule has 0 fully saturated rings. The maximum absolute atomic E-state index is 3.36. The van der Waals surface area contributed by atoms with Crippen LogP contribution in [0.5, 0.6) is 0 Å². The summed E-state index contributed by atoms with van der Waals surface area (Å²) in [6.07, 6.45) is 2.85. The van der Waals surface area contributed by atoms with Gasteiger partial charge in [0.05, 0.1) is 0 Å². The highest BCUT2D eigenvalue weighted by molar-refractivity contribution is 5.89. The van der Waals surface area contributed by atoms with Gasteiger partial charge in [0.1, 0.15) is 0 Å². The number of nitrogens with zero attached hydrogens (tertiary/aromatic N) is 1. The molecule has 0 aliphatic carbocycles. The second-order valence-electron chi connectivity index (χ2n) is 13.0. The van der Waals surface area contributed by atoms with Crippen LogP contribution in [-0.2, 0) is 6.42 Å². The Morgan fingerprint density at radius 2 is 0.818 bits per heavy atom. The van der Waals surface area contributed by atoms with E-state index in [4.69, 9.17) is 0 Å². The van der Waals surface area contributed by atoms with Crippen molar-refractivity contribution in [2.45, 2.75) is 41.0 Å². The van der Waals surface area contributed by atoms with Gasteiger partial charge < -0.3 is 4.90 Å². The Morgan fingerprint density at radius 3 is 1.33 bits per heavy atom. The van der Waals surface area contributed by atoms with Gasteiger partial charge >= 0.3 is 0 Å². The monoisotopic (exact) mass is 715 g/mol. The molecule has 274 valence electrons. The molecular formula is C54H53N. The molecule has 8 rings (SSSR count). The molecule has 1 heteroatoms. The van der Waals surface area contributed by atoms with Crippen LogP contribution in [0.25, 0.3) is 44.2 Å². The minimum absolute atomic E-state index is 1.10. The molecule has 8 aromatic rings. The fourth-order valence-electron chi connectivity index (χ4n) is 6.35. The SMILES string of the molecule is C=CC.CC.CCc1cccc(-c2ccccc2)c1.Cc1ccc(-c2ccc(N(c3ccc(-c4ccccc4)cc3)c3ccc4ccccc4c3)cc2)cc1. The first-order valence-electron chi connectivity index (χ1n) is 19.4. The van der Waals surface area contributed by atoms with Crippen LogP contribution in [0.15, 0.2) is 213 Å². The van der Waals surface area contributed by atoms with Crippen LogP contribution in [0.2, 0.25) is 0 Å². The molecule has 0 saturated heterocycles. The van der Waals surface area contributed by atoms with Crippen molar-refractivity contribution in [3.8, 4) is 33.4 Å². The van der Waals surface area contributed by atoms with Crippen LogP contribution >= 0.6 is 0 Å². The van der Waals surface area contributed by atoms with Crippen molar-refractivity contribution >= 4 is 27.8 Å².